The molecule has 124 valence electrons. The molecule has 0 aromatic carbocycles. The molecule has 0 aliphatic carbocycles. The van der Waals surface area contributed by atoms with Gasteiger partial charge in [0.05, 0.1) is 16.6 Å². The van der Waals surface area contributed by atoms with Crippen LogP contribution in [-0.2, 0) is 7.05 Å². The molecule has 1 aliphatic rings. The Morgan fingerprint density at radius 1 is 1.39 bits per heavy atom. The summed E-state index contributed by atoms with van der Waals surface area (Å²) in [6.07, 6.45) is 4.82. The van der Waals surface area contributed by atoms with Crippen molar-refractivity contribution in [1.82, 2.24) is 14.5 Å². The van der Waals surface area contributed by atoms with Crippen LogP contribution in [-0.4, -0.2) is 32.9 Å². The highest BCUT2D eigenvalue weighted by atomic mass is 32.1. The van der Waals surface area contributed by atoms with Gasteiger partial charge in [0.15, 0.2) is 0 Å². The number of carbonyl (C=O) groups is 1. The first-order chi connectivity index (χ1) is 10.9. The fourth-order valence-corrected chi connectivity index (χ4v) is 4.54. The van der Waals surface area contributed by atoms with Gasteiger partial charge in [-0.05, 0) is 37.7 Å². The van der Waals surface area contributed by atoms with Crippen LogP contribution in [0.1, 0.15) is 48.3 Å². The first-order valence-electron chi connectivity index (χ1n) is 8.17. The van der Waals surface area contributed by atoms with Crippen molar-refractivity contribution in [3.05, 3.63) is 27.1 Å². The van der Waals surface area contributed by atoms with E-state index in [1.54, 1.807) is 7.05 Å². The van der Waals surface area contributed by atoms with Crippen molar-refractivity contribution in [3.8, 4) is 0 Å². The molecule has 3 heterocycles. The number of carbonyl (C=O) groups excluding carboxylic acids is 1. The second kappa shape index (κ2) is 6.07. The molecule has 0 N–H and O–H groups in total. The molecule has 1 saturated heterocycles. The Morgan fingerprint density at radius 2 is 2.13 bits per heavy atom. The molecule has 5 nitrogen and oxygen atoms in total. The van der Waals surface area contributed by atoms with Crippen LogP contribution in [0.15, 0.2) is 11.1 Å². The van der Waals surface area contributed by atoms with Gasteiger partial charge in [0, 0.05) is 19.6 Å². The van der Waals surface area contributed by atoms with E-state index < -0.39 is 0 Å². The average molecular weight is 333 g/mol. The van der Waals surface area contributed by atoms with E-state index >= 15 is 0 Å². The summed E-state index contributed by atoms with van der Waals surface area (Å²) in [5.41, 5.74) is 0.693. The van der Waals surface area contributed by atoms with Crippen LogP contribution in [0.2, 0.25) is 0 Å². The van der Waals surface area contributed by atoms with E-state index in [9.17, 15) is 9.59 Å². The van der Waals surface area contributed by atoms with E-state index in [1.165, 1.54) is 28.7 Å². The van der Waals surface area contributed by atoms with Crippen LogP contribution in [0.25, 0.3) is 10.2 Å². The van der Waals surface area contributed by atoms with E-state index in [0.29, 0.717) is 21.0 Å². The number of aryl methyl sites for hydroxylation is 2. The van der Waals surface area contributed by atoms with Crippen LogP contribution < -0.4 is 5.56 Å². The minimum atomic E-state index is -0.0816. The zero-order chi connectivity index (χ0) is 16.7. The number of nitrogens with zero attached hydrogens (tertiary/aromatic N) is 3. The fraction of sp³-hybridized carbons (Fsp3) is 0.588. The number of piperidine rings is 1. The molecule has 23 heavy (non-hydrogen) atoms. The Kier molecular flexibility index (Phi) is 4.27. The molecule has 1 unspecified atom stereocenters. The van der Waals surface area contributed by atoms with Crippen molar-refractivity contribution >= 4 is 27.5 Å². The van der Waals surface area contributed by atoms with Gasteiger partial charge in [-0.3, -0.25) is 9.59 Å². The van der Waals surface area contributed by atoms with Crippen molar-refractivity contribution in [2.75, 3.05) is 6.54 Å². The molecule has 1 fully saturated rings. The highest BCUT2D eigenvalue weighted by Gasteiger charge is 2.31. The maximum absolute atomic E-state index is 13.1. The van der Waals surface area contributed by atoms with Crippen LogP contribution in [0.4, 0.5) is 0 Å². The SMILES string of the molecule is Cc1c(C(=O)N2CCCCC2C(C)C)sc2ncn(C)c(=O)c12. The normalized spacial score (nSPS) is 18.8. The number of thiophene rings is 1. The van der Waals surface area contributed by atoms with Gasteiger partial charge in [-0.25, -0.2) is 4.98 Å². The van der Waals surface area contributed by atoms with Gasteiger partial charge < -0.3 is 9.47 Å². The van der Waals surface area contributed by atoms with E-state index in [-0.39, 0.29) is 17.5 Å². The summed E-state index contributed by atoms with van der Waals surface area (Å²) in [6.45, 7) is 7.01. The Bertz CT molecular complexity index is 806. The zero-order valence-corrected chi connectivity index (χ0v) is 14.9. The number of hydrogen-bond donors (Lipinski definition) is 0. The topological polar surface area (TPSA) is 55.2 Å². The van der Waals surface area contributed by atoms with E-state index in [1.807, 2.05) is 11.8 Å². The van der Waals surface area contributed by atoms with E-state index in [2.05, 4.69) is 18.8 Å². The molecule has 0 radical (unpaired) electrons. The van der Waals surface area contributed by atoms with Crippen LogP contribution >= 0.6 is 11.3 Å². The third kappa shape index (κ3) is 2.69. The van der Waals surface area contributed by atoms with Gasteiger partial charge in [0.2, 0.25) is 0 Å². The first-order valence-corrected chi connectivity index (χ1v) is 8.99. The molecule has 1 amide bonds. The summed E-state index contributed by atoms with van der Waals surface area (Å²) in [5.74, 6) is 0.505. The summed E-state index contributed by atoms with van der Waals surface area (Å²) >= 11 is 1.35. The van der Waals surface area contributed by atoms with Gasteiger partial charge in [-0.1, -0.05) is 13.8 Å². The van der Waals surface area contributed by atoms with Crippen LogP contribution in [0.5, 0.6) is 0 Å². The Morgan fingerprint density at radius 3 is 2.83 bits per heavy atom. The first kappa shape index (κ1) is 16.2. The summed E-state index contributed by atoms with van der Waals surface area (Å²) < 4.78 is 1.47. The predicted octanol–water partition coefficient (Wildman–Crippen LogP) is 2.95. The number of likely N-dealkylation sites (tertiary alicyclic amines) is 1. The molecule has 6 heteroatoms. The lowest BCUT2D eigenvalue weighted by molar-refractivity contribution is 0.0547. The molecule has 0 saturated carbocycles. The molecule has 0 spiro atoms. The molecule has 2 aromatic rings. The smallest absolute Gasteiger partial charge is 0.264 e. The molecule has 1 atom stereocenters. The number of amides is 1. The highest BCUT2D eigenvalue weighted by Crippen LogP contribution is 2.31. The van der Waals surface area contributed by atoms with Crippen molar-refractivity contribution < 1.29 is 4.79 Å². The van der Waals surface area contributed by atoms with Gasteiger partial charge in [0.1, 0.15) is 4.83 Å². The maximum Gasteiger partial charge on any atom is 0.264 e. The minimum absolute atomic E-state index is 0.0611. The van der Waals surface area contributed by atoms with Crippen molar-refractivity contribution in [2.24, 2.45) is 13.0 Å². The fourth-order valence-electron chi connectivity index (χ4n) is 3.45. The van der Waals surface area contributed by atoms with Crippen molar-refractivity contribution in [3.63, 3.8) is 0 Å². The minimum Gasteiger partial charge on any atom is -0.335 e. The Hall–Kier alpha value is -1.69. The maximum atomic E-state index is 13.1. The van der Waals surface area contributed by atoms with Gasteiger partial charge in [-0.2, -0.15) is 0 Å². The Balaban J connectivity index is 2.06. The monoisotopic (exact) mass is 333 g/mol. The largest absolute Gasteiger partial charge is 0.335 e. The lowest BCUT2D eigenvalue weighted by Crippen LogP contribution is -2.46. The van der Waals surface area contributed by atoms with E-state index in [4.69, 9.17) is 0 Å². The summed E-state index contributed by atoms with van der Waals surface area (Å²) in [7, 11) is 1.69. The third-order valence-electron chi connectivity index (χ3n) is 4.78. The molecule has 2 aromatic heterocycles. The van der Waals surface area contributed by atoms with E-state index in [0.717, 1.165) is 24.9 Å². The molecular formula is C17H23N3O2S. The quantitative estimate of drug-likeness (QED) is 0.849. The third-order valence-corrected chi connectivity index (χ3v) is 5.97. The molecular weight excluding hydrogens is 310 g/mol. The number of rotatable bonds is 2. The molecule has 1 aliphatic heterocycles. The lowest BCUT2D eigenvalue weighted by Gasteiger charge is -2.38. The van der Waals surface area contributed by atoms with Gasteiger partial charge >= 0.3 is 0 Å². The summed E-state index contributed by atoms with van der Waals surface area (Å²) in [5, 5.41) is 0.585. The predicted molar refractivity (Wildman–Crippen MR) is 93.1 cm³/mol. The Labute approximate surface area is 139 Å². The van der Waals surface area contributed by atoms with Crippen molar-refractivity contribution in [1.29, 1.82) is 0 Å². The number of hydrogen-bond acceptors (Lipinski definition) is 4. The summed E-state index contributed by atoms with van der Waals surface area (Å²) in [4.78, 5) is 33.1. The van der Waals surface area contributed by atoms with Gasteiger partial charge in [-0.15, -0.1) is 11.3 Å². The second-order valence-electron chi connectivity index (χ2n) is 6.70. The zero-order valence-electron chi connectivity index (χ0n) is 14.1. The summed E-state index contributed by atoms with van der Waals surface area (Å²) in [6, 6.07) is 0.289. The second-order valence-corrected chi connectivity index (χ2v) is 7.70. The lowest BCUT2D eigenvalue weighted by atomic mass is 9.92. The van der Waals surface area contributed by atoms with Crippen molar-refractivity contribution in [2.45, 2.75) is 46.1 Å². The highest BCUT2D eigenvalue weighted by molar-refractivity contribution is 7.20. The van der Waals surface area contributed by atoms with Gasteiger partial charge in [0.25, 0.3) is 11.5 Å². The molecule has 0 bridgehead atoms. The number of aromatic nitrogens is 2. The number of fused-ring (bicyclic) bond motifs is 1. The van der Waals surface area contributed by atoms with Crippen LogP contribution in [0, 0.1) is 12.8 Å². The standard InChI is InChI=1S/C17H23N3O2S/c1-10(2)12-7-5-6-8-20(12)17(22)14-11(3)13-15(23-14)18-9-19(4)16(13)21/h9-10,12H,5-8H2,1-4H3. The van der Waals surface area contributed by atoms with Crippen LogP contribution in [0.3, 0.4) is 0 Å². The molecule has 3 rings (SSSR count). The average Bonchev–Trinajstić information content (AvgIpc) is 2.87.